The Hall–Kier alpha value is -1.97. The highest BCUT2D eigenvalue weighted by Gasteiger charge is 2.07. The first-order chi connectivity index (χ1) is 10.4. The first kappa shape index (κ1) is 18.1. The lowest BCUT2D eigenvalue weighted by molar-refractivity contribution is 0.404. The molecule has 0 spiro atoms. The number of pyridine rings is 2. The van der Waals surface area contributed by atoms with Crippen molar-refractivity contribution in [3.63, 3.8) is 0 Å². The molecule has 0 amide bonds. The van der Waals surface area contributed by atoms with Crippen LogP contribution in [0.5, 0.6) is 5.75 Å². The van der Waals surface area contributed by atoms with Crippen molar-refractivity contribution in [1.82, 2.24) is 9.97 Å². The number of halogens is 1. The van der Waals surface area contributed by atoms with Gasteiger partial charge in [0.25, 0.3) is 0 Å². The van der Waals surface area contributed by atoms with E-state index in [0.29, 0.717) is 11.6 Å². The predicted octanol–water partition coefficient (Wildman–Crippen LogP) is 4.87. The Labute approximate surface area is 132 Å². The molecule has 2 aromatic heterocycles. The number of hydrogen-bond acceptors (Lipinski definition) is 3. The van der Waals surface area contributed by atoms with Crippen LogP contribution < -0.4 is 4.74 Å². The molecule has 0 aliphatic heterocycles. The first-order valence-electron chi connectivity index (χ1n) is 7.47. The molecule has 0 saturated heterocycles. The van der Waals surface area contributed by atoms with Crippen molar-refractivity contribution in [2.45, 2.75) is 46.5 Å². The summed E-state index contributed by atoms with van der Waals surface area (Å²) in [7, 11) is 1.67. The van der Waals surface area contributed by atoms with E-state index in [9.17, 15) is 4.39 Å². The third kappa shape index (κ3) is 5.10. The average Bonchev–Trinajstić information content (AvgIpc) is 2.47. The zero-order valence-corrected chi connectivity index (χ0v) is 14.2. The van der Waals surface area contributed by atoms with Gasteiger partial charge < -0.3 is 4.74 Å². The minimum Gasteiger partial charge on any atom is -0.495 e. The molecule has 0 aliphatic rings. The SMILES string of the molecule is COc1cccnc1C(C)C.Cc1cnc(C(C)C)c(F)c1. The summed E-state index contributed by atoms with van der Waals surface area (Å²) >= 11 is 0. The molecule has 3 nitrogen and oxygen atoms in total. The van der Waals surface area contributed by atoms with Crippen LogP contribution in [0.1, 0.15) is 56.5 Å². The normalized spacial score (nSPS) is 10.4. The Morgan fingerprint density at radius 1 is 1.05 bits per heavy atom. The molecule has 0 unspecified atom stereocenters. The maximum atomic E-state index is 13.0. The van der Waals surface area contributed by atoms with Crippen molar-refractivity contribution in [3.8, 4) is 5.75 Å². The van der Waals surface area contributed by atoms with Gasteiger partial charge in [-0.3, -0.25) is 9.97 Å². The van der Waals surface area contributed by atoms with Crippen molar-refractivity contribution in [3.05, 3.63) is 53.4 Å². The average molecular weight is 304 g/mol. The summed E-state index contributed by atoms with van der Waals surface area (Å²) < 4.78 is 18.2. The third-order valence-electron chi connectivity index (χ3n) is 3.12. The minimum atomic E-state index is -0.194. The van der Waals surface area contributed by atoms with Gasteiger partial charge in [-0.05, 0) is 42.5 Å². The summed E-state index contributed by atoms with van der Waals surface area (Å²) in [4.78, 5) is 8.23. The summed E-state index contributed by atoms with van der Waals surface area (Å²) in [5, 5.41) is 0. The number of aryl methyl sites for hydroxylation is 1. The fourth-order valence-electron chi connectivity index (χ4n) is 1.98. The molecule has 0 radical (unpaired) electrons. The van der Waals surface area contributed by atoms with Gasteiger partial charge in [0.05, 0.1) is 18.5 Å². The van der Waals surface area contributed by atoms with Gasteiger partial charge in [0.1, 0.15) is 11.6 Å². The molecule has 0 bridgehead atoms. The molecule has 22 heavy (non-hydrogen) atoms. The molecule has 4 heteroatoms. The van der Waals surface area contributed by atoms with Crippen LogP contribution in [0.25, 0.3) is 0 Å². The van der Waals surface area contributed by atoms with E-state index in [1.165, 1.54) is 6.07 Å². The summed E-state index contributed by atoms with van der Waals surface area (Å²) in [6, 6.07) is 5.33. The van der Waals surface area contributed by atoms with E-state index in [4.69, 9.17) is 4.74 Å². The van der Waals surface area contributed by atoms with Crippen LogP contribution in [-0.4, -0.2) is 17.1 Å². The highest BCUT2D eigenvalue weighted by atomic mass is 19.1. The third-order valence-corrected chi connectivity index (χ3v) is 3.12. The number of aromatic nitrogens is 2. The van der Waals surface area contributed by atoms with Crippen LogP contribution in [0.2, 0.25) is 0 Å². The zero-order valence-electron chi connectivity index (χ0n) is 14.2. The fourth-order valence-corrected chi connectivity index (χ4v) is 1.98. The summed E-state index contributed by atoms with van der Waals surface area (Å²) in [5.41, 5.74) is 2.44. The Morgan fingerprint density at radius 2 is 1.68 bits per heavy atom. The predicted molar refractivity (Wildman–Crippen MR) is 87.9 cm³/mol. The molecule has 0 aromatic carbocycles. The second kappa shape index (κ2) is 8.47. The maximum absolute atomic E-state index is 13.0. The molecule has 0 saturated carbocycles. The van der Waals surface area contributed by atoms with Crippen molar-refractivity contribution in [1.29, 1.82) is 0 Å². The van der Waals surface area contributed by atoms with Crippen LogP contribution in [0.3, 0.4) is 0 Å². The van der Waals surface area contributed by atoms with E-state index >= 15 is 0 Å². The molecule has 0 aliphatic carbocycles. The Morgan fingerprint density at radius 3 is 2.14 bits per heavy atom. The molecular weight excluding hydrogens is 279 g/mol. The van der Waals surface area contributed by atoms with E-state index in [-0.39, 0.29) is 11.7 Å². The van der Waals surface area contributed by atoms with Crippen LogP contribution in [-0.2, 0) is 0 Å². The van der Waals surface area contributed by atoms with Gasteiger partial charge in [0, 0.05) is 12.4 Å². The van der Waals surface area contributed by atoms with Gasteiger partial charge >= 0.3 is 0 Å². The summed E-state index contributed by atoms with van der Waals surface area (Å²) in [5.74, 6) is 1.27. The molecular formula is C18H25FN2O. The maximum Gasteiger partial charge on any atom is 0.145 e. The topological polar surface area (TPSA) is 35.0 Å². The van der Waals surface area contributed by atoms with Crippen LogP contribution in [0.15, 0.2) is 30.6 Å². The van der Waals surface area contributed by atoms with E-state index < -0.39 is 0 Å². The quantitative estimate of drug-likeness (QED) is 0.811. The Kier molecular flexibility index (Phi) is 6.96. The molecule has 0 atom stereocenters. The van der Waals surface area contributed by atoms with Crippen LogP contribution in [0.4, 0.5) is 4.39 Å². The smallest absolute Gasteiger partial charge is 0.145 e. The van der Waals surface area contributed by atoms with Crippen LogP contribution in [0, 0.1) is 12.7 Å². The zero-order chi connectivity index (χ0) is 16.7. The Bertz CT molecular complexity index is 597. The second-order valence-corrected chi connectivity index (χ2v) is 5.78. The van der Waals surface area contributed by atoms with Gasteiger partial charge in [-0.15, -0.1) is 0 Å². The van der Waals surface area contributed by atoms with Gasteiger partial charge in [-0.25, -0.2) is 4.39 Å². The number of nitrogens with zero attached hydrogens (tertiary/aromatic N) is 2. The van der Waals surface area contributed by atoms with Crippen molar-refractivity contribution < 1.29 is 9.13 Å². The lowest BCUT2D eigenvalue weighted by atomic mass is 10.1. The van der Waals surface area contributed by atoms with Crippen molar-refractivity contribution in [2.24, 2.45) is 0 Å². The van der Waals surface area contributed by atoms with Gasteiger partial charge in [0.2, 0.25) is 0 Å². The van der Waals surface area contributed by atoms with E-state index in [1.54, 1.807) is 19.5 Å². The fraction of sp³-hybridized carbons (Fsp3) is 0.444. The number of ether oxygens (including phenoxy) is 1. The van der Waals surface area contributed by atoms with E-state index in [0.717, 1.165) is 17.0 Å². The van der Waals surface area contributed by atoms with E-state index in [1.807, 2.05) is 32.9 Å². The molecule has 120 valence electrons. The van der Waals surface area contributed by atoms with E-state index in [2.05, 4.69) is 23.8 Å². The van der Waals surface area contributed by atoms with Gasteiger partial charge in [0.15, 0.2) is 0 Å². The molecule has 0 N–H and O–H groups in total. The van der Waals surface area contributed by atoms with Gasteiger partial charge in [-0.1, -0.05) is 27.7 Å². The molecule has 2 aromatic rings. The first-order valence-corrected chi connectivity index (χ1v) is 7.47. The monoisotopic (exact) mass is 304 g/mol. The number of rotatable bonds is 3. The standard InChI is InChI=1S/C9H12FN.C9H13NO/c1-6(2)9-8(10)4-7(3)5-11-9;1-7(2)9-8(11-3)5-4-6-10-9/h4-6H,1-3H3;4-7H,1-3H3. The highest BCUT2D eigenvalue weighted by Crippen LogP contribution is 2.22. The van der Waals surface area contributed by atoms with Crippen molar-refractivity contribution >= 4 is 0 Å². The van der Waals surface area contributed by atoms with Crippen LogP contribution >= 0.6 is 0 Å². The largest absolute Gasteiger partial charge is 0.495 e. The minimum absolute atomic E-state index is 0.163. The lowest BCUT2D eigenvalue weighted by Crippen LogP contribution is -1.97. The van der Waals surface area contributed by atoms with Gasteiger partial charge in [-0.2, -0.15) is 0 Å². The molecule has 2 rings (SSSR count). The van der Waals surface area contributed by atoms with Crippen molar-refractivity contribution in [2.75, 3.05) is 7.11 Å². The molecule has 2 heterocycles. The lowest BCUT2D eigenvalue weighted by Gasteiger charge is -2.08. The summed E-state index contributed by atoms with van der Waals surface area (Å²) in [6.45, 7) is 9.90. The number of methoxy groups -OCH3 is 1. The highest BCUT2D eigenvalue weighted by molar-refractivity contribution is 5.28. The Balaban J connectivity index is 0.000000220. The second-order valence-electron chi connectivity index (χ2n) is 5.78. The number of hydrogen-bond donors (Lipinski definition) is 0. The summed E-state index contributed by atoms with van der Waals surface area (Å²) in [6.07, 6.45) is 3.48. The molecule has 0 fully saturated rings.